The molecule has 1 saturated heterocycles. The van der Waals surface area contributed by atoms with E-state index in [4.69, 9.17) is 10.5 Å². The number of rotatable bonds is 2. The molecule has 2 atom stereocenters. The number of nitrogen functional groups attached to an aromatic ring is 1. The van der Waals surface area contributed by atoms with Gasteiger partial charge in [-0.05, 0) is 38.1 Å². The van der Waals surface area contributed by atoms with Gasteiger partial charge in [0.05, 0.1) is 12.2 Å². The largest absolute Gasteiger partial charge is 0.372 e. The zero-order chi connectivity index (χ0) is 15.7. The lowest BCUT2D eigenvalue weighted by molar-refractivity contribution is -0.00548. The summed E-state index contributed by atoms with van der Waals surface area (Å²) in [4.78, 5) is 6.38. The Kier molecular flexibility index (Phi) is 3.89. The van der Waals surface area contributed by atoms with E-state index in [1.807, 2.05) is 13.8 Å². The summed E-state index contributed by atoms with van der Waals surface area (Å²) in [7, 11) is 0. The second-order valence-corrected chi connectivity index (χ2v) is 5.51. The van der Waals surface area contributed by atoms with E-state index in [1.165, 1.54) is 12.1 Å². The standard InChI is InChI=1S/C15H18FN5O/c1-9-7-21(8-10(2)22-9)14-13(18-15(17)20-19-14)11-3-5-12(16)6-4-11/h3-6,9-10H,7-8H2,1-2H3,(H2,17,18,20). The first-order valence-corrected chi connectivity index (χ1v) is 7.19. The van der Waals surface area contributed by atoms with Gasteiger partial charge in [-0.3, -0.25) is 0 Å². The Balaban J connectivity index is 2.02. The molecule has 22 heavy (non-hydrogen) atoms. The number of aromatic nitrogens is 3. The summed E-state index contributed by atoms with van der Waals surface area (Å²) in [5, 5.41) is 8.08. The number of anilines is 2. The Labute approximate surface area is 128 Å². The fourth-order valence-electron chi connectivity index (χ4n) is 2.70. The molecule has 0 spiro atoms. The third kappa shape index (κ3) is 2.99. The second kappa shape index (κ2) is 5.84. The third-order valence-electron chi connectivity index (χ3n) is 3.52. The summed E-state index contributed by atoms with van der Waals surface area (Å²) in [5.74, 6) is 0.439. The second-order valence-electron chi connectivity index (χ2n) is 5.51. The van der Waals surface area contributed by atoms with Crippen LogP contribution in [0.25, 0.3) is 11.3 Å². The van der Waals surface area contributed by atoms with E-state index in [0.29, 0.717) is 24.6 Å². The molecule has 1 aliphatic rings. The number of hydrogen-bond donors (Lipinski definition) is 1. The molecule has 7 heteroatoms. The molecule has 0 bridgehead atoms. The van der Waals surface area contributed by atoms with Crippen LogP contribution in [0, 0.1) is 5.82 Å². The van der Waals surface area contributed by atoms with Crippen molar-refractivity contribution in [2.75, 3.05) is 23.7 Å². The van der Waals surface area contributed by atoms with Crippen LogP contribution in [-0.4, -0.2) is 40.5 Å². The molecule has 116 valence electrons. The number of benzene rings is 1. The molecule has 0 aliphatic carbocycles. The van der Waals surface area contributed by atoms with E-state index in [9.17, 15) is 4.39 Å². The van der Waals surface area contributed by atoms with Crippen molar-refractivity contribution in [2.24, 2.45) is 0 Å². The topological polar surface area (TPSA) is 77.2 Å². The van der Waals surface area contributed by atoms with Crippen molar-refractivity contribution in [1.29, 1.82) is 0 Å². The average molecular weight is 303 g/mol. The van der Waals surface area contributed by atoms with E-state index in [1.54, 1.807) is 12.1 Å². The highest BCUT2D eigenvalue weighted by atomic mass is 19.1. The summed E-state index contributed by atoms with van der Waals surface area (Å²) >= 11 is 0. The molecule has 1 aromatic heterocycles. The monoisotopic (exact) mass is 303 g/mol. The van der Waals surface area contributed by atoms with E-state index in [2.05, 4.69) is 20.1 Å². The van der Waals surface area contributed by atoms with Gasteiger partial charge in [0.15, 0.2) is 5.82 Å². The Morgan fingerprint density at radius 2 is 1.77 bits per heavy atom. The summed E-state index contributed by atoms with van der Waals surface area (Å²) in [6.07, 6.45) is 0.174. The lowest BCUT2D eigenvalue weighted by atomic mass is 10.1. The van der Waals surface area contributed by atoms with Gasteiger partial charge in [0.25, 0.3) is 0 Å². The first kappa shape index (κ1) is 14.6. The van der Waals surface area contributed by atoms with Crippen LogP contribution < -0.4 is 10.6 Å². The Morgan fingerprint density at radius 1 is 1.14 bits per heavy atom. The molecule has 2 heterocycles. The van der Waals surface area contributed by atoms with Crippen LogP contribution in [0.2, 0.25) is 0 Å². The molecule has 0 radical (unpaired) electrons. The summed E-state index contributed by atoms with van der Waals surface area (Å²) in [6, 6.07) is 6.11. The highest BCUT2D eigenvalue weighted by Crippen LogP contribution is 2.29. The number of nitrogens with two attached hydrogens (primary N) is 1. The van der Waals surface area contributed by atoms with Gasteiger partial charge in [-0.2, -0.15) is 0 Å². The first-order chi connectivity index (χ1) is 10.5. The van der Waals surface area contributed by atoms with Crippen LogP contribution in [0.3, 0.4) is 0 Å². The lowest BCUT2D eigenvalue weighted by Crippen LogP contribution is -2.46. The predicted octanol–water partition coefficient (Wildman–Crippen LogP) is 1.87. The van der Waals surface area contributed by atoms with Crippen molar-refractivity contribution in [3.05, 3.63) is 30.1 Å². The molecule has 3 rings (SSSR count). The molecular formula is C15H18FN5O. The maximum atomic E-state index is 13.1. The van der Waals surface area contributed by atoms with Gasteiger partial charge in [0.1, 0.15) is 11.5 Å². The molecule has 1 aliphatic heterocycles. The molecule has 2 N–H and O–H groups in total. The Bertz CT molecular complexity index is 653. The van der Waals surface area contributed by atoms with Crippen LogP contribution in [0.15, 0.2) is 24.3 Å². The molecule has 6 nitrogen and oxygen atoms in total. The molecule has 0 saturated carbocycles. The van der Waals surface area contributed by atoms with Crippen LogP contribution in [0.5, 0.6) is 0 Å². The molecular weight excluding hydrogens is 285 g/mol. The number of ether oxygens (including phenoxy) is 1. The molecule has 2 aromatic rings. The van der Waals surface area contributed by atoms with Gasteiger partial charge in [0, 0.05) is 18.7 Å². The van der Waals surface area contributed by atoms with Crippen molar-refractivity contribution >= 4 is 11.8 Å². The SMILES string of the molecule is CC1CN(c2nnc(N)nc2-c2ccc(F)cc2)CC(C)O1. The smallest absolute Gasteiger partial charge is 0.240 e. The van der Waals surface area contributed by atoms with E-state index in [-0.39, 0.29) is 24.0 Å². The average Bonchev–Trinajstić information content (AvgIpc) is 2.47. The van der Waals surface area contributed by atoms with Crippen molar-refractivity contribution in [3.63, 3.8) is 0 Å². The maximum absolute atomic E-state index is 13.1. The molecule has 1 aromatic carbocycles. The van der Waals surface area contributed by atoms with Crippen LogP contribution in [0.1, 0.15) is 13.8 Å². The van der Waals surface area contributed by atoms with Gasteiger partial charge in [-0.1, -0.05) is 0 Å². The quantitative estimate of drug-likeness (QED) is 0.912. The fraction of sp³-hybridized carbons (Fsp3) is 0.400. The maximum Gasteiger partial charge on any atom is 0.240 e. The van der Waals surface area contributed by atoms with Crippen molar-refractivity contribution in [1.82, 2.24) is 15.2 Å². The number of halogens is 1. The Morgan fingerprint density at radius 3 is 2.41 bits per heavy atom. The minimum atomic E-state index is -0.297. The third-order valence-corrected chi connectivity index (χ3v) is 3.52. The van der Waals surface area contributed by atoms with Gasteiger partial charge < -0.3 is 15.4 Å². The minimum Gasteiger partial charge on any atom is -0.372 e. The Hall–Kier alpha value is -2.28. The zero-order valence-electron chi connectivity index (χ0n) is 12.5. The zero-order valence-corrected chi connectivity index (χ0v) is 12.5. The van der Waals surface area contributed by atoms with Crippen molar-refractivity contribution in [3.8, 4) is 11.3 Å². The predicted molar refractivity (Wildman–Crippen MR) is 81.9 cm³/mol. The van der Waals surface area contributed by atoms with E-state index >= 15 is 0 Å². The van der Waals surface area contributed by atoms with Gasteiger partial charge in [-0.25, -0.2) is 9.37 Å². The lowest BCUT2D eigenvalue weighted by Gasteiger charge is -2.36. The van der Waals surface area contributed by atoms with Gasteiger partial charge in [0.2, 0.25) is 5.95 Å². The number of morpholine rings is 1. The van der Waals surface area contributed by atoms with Crippen molar-refractivity contribution in [2.45, 2.75) is 26.1 Å². The highest BCUT2D eigenvalue weighted by Gasteiger charge is 2.26. The van der Waals surface area contributed by atoms with Crippen LogP contribution in [0.4, 0.5) is 16.2 Å². The number of hydrogen-bond acceptors (Lipinski definition) is 6. The first-order valence-electron chi connectivity index (χ1n) is 7.19. The molecule has 0 amide bonds. The van der Waals surface area contributed by atoms with E-state index in [0.717, 1.165) is 5.56 Å². The molecule has 2 unspecified atom stereocenters. The van der Waals surface area contributed by atoms with E-state index < -0.39 is 0 Å². The van der Waals surface area contributed by atoms with Crippen LogP contribution in [-0.2, 0) is 4.74 Å². The normalized spacial score (nSPS) is 21.9. The highest BCUT2D eigenvalue weighted by molar-refractivity contribution is 5.72. The fourth-order valence-corrected chi connectivity index (χ4v) is 2.70. The summed E-state index contributed by atoms with van der Waals surface area (Å²) in [5.41, 5.74) is 7.04. The summed E-state index contributed by atoms with van der Waals surface area (Å²) in [6.45, 7) is 5.41. The number of nitrogens with zero attached hydrogens (tertiary/aromatic N) is 4. The summed E-state index contributed by atoms with van der Waals surface area (Å²) < 4.78 is 18.9. The minimum absolute atomic E-state index is 0.0872. The van der Waals surface area contributed by atoms with Gasteiger partial charge in [-0.15, -0.1) is 10.2 Å². The van der Waals surface area contributed by atoms with Crippen molar-refractivity contribution < 1.29 is 9.13 Å². The molecule has 1 fully saturated rings. The van der Waals surface area contributed by atoms with Crippen LogP contribution >= 0.6 is 0 Å². The van der Waals surface area contributed by atoms with Gasteiger partial charge >= 0.3 is 0 Å².